The van der Waals surface area contributed by atoms with E-state index in [-0.39, 0.29) is 23.7 Å². The Kier molecular flexibility index (Phi) is 3.36. The predicted molar refractivity (Wildman–Crippen MR) is 78.1 cm³/mol. The van der Waals surface area contributed by atoms with Crippen LogP contribution in [-0.4, -0.2) is 11.8 Å². The van der Waals surface area contributed by atoms with Gasteiger partial charge in [-0.25, -0.2) is 0 Å². The first-order valence-corrected chi connectivity index (χ1v) is 7.70. The van der Waals surface area contributed by atoms with Crippen molar-refractivity contribution in [1.29, 1.82) is 0 Å². The van der Waals surface area contributed by atoms with Gasteiger partial charge in [0, 0.05) is 0 Å². The zero-order valence-electron chi connectivity index (χ0n) is 12.1. The van der Waals surface area contributed by atoms with Gasteiger partial charge in [-0.1, -0.05) is 32.0 Å². The van der Waals surface area contributed by atoms with Crippen molar-refractivity contribution in [2.45, 2.75) is 33.1 Å². The third kappa shape index (κ3) is 1.72. The number of para-hydroxylation sites is 1. The topological polar surface area (TPSA) is 37.4 Å². The Bertz CT molecular complexity index is 497. The second-order valence-electron chi connectivity index (χ2n) is 5.73. The molecule has 3 heteroatoms. The number of nitrogens with zero attached hydrogens (tertiary/aromatic N) is 1. The van der Waals surface area contributed by atoms with Gasteiger partial charge in [0.25, 0.3) is 0 Å². The van der Waals surface area contributed by atoms with Crippen molar-refractivity contribution in [2.75, 3.05) is 4.90 Å². The molecule has 2 saturated carbocycles. The van der Waals surface area contributed by atoms with E-state index in [1.54, 1.807) is 0 Å². The number of amides is 2. The van der Waals surface area contributed by atoms with E-state index in [0.717, 1.165) is 24.9 Å². The lowest BCUT2D eigenvalue weighted by atomic mass is 9.81. The lowest BCUT2D eigenvalue weighted by Crippen LogP contribution is -2.32. The number of carbonyl (C=O) groups excluding carboxylic acids is 2. The quantitative estimate of drug-likeness (QED) is 0.735. The first kappa shape index (κ1) is 13.3. The number of imide groups is 1. The summed E-state index contributed by atoms with van der Waals surface area (Å²) in [7, 11) is 0. The minimum absolute atomic E-state index is 0.0172. The van der Waals surface area contributed by atoms with Gasteiger partial charge in [0.05, 0.1) is 17.5 Å². The van der Waals surface area contributed by atoms with Crippen molar-refractivity contribution in [1.82, 2.24) is 0 Å². The smallest absolute Gasteiger partial charge is 0.237 e. The van der Waals surface area contributed by atoms with Crippen molar-refractivity contribution in [3.63, 3.8) is 0 Å². The summed E-state index contributed by atoms with van der Waals surface area (Å²) in [6.07, 6.45) is 3.36. The Balaban J connectivity index is 0.000000581. The van der Waals surface area contributed by atoms with Crippen LogP contribution in [0.15, 0.2) is 30.3 Å². The standard InChI is InChI=1S/C15H15NO2.C2H6/c17-14-12-9-6-7-10(8-9)13(12)15(18)16(14)11-4-2-1-3-5-11;1-2/h1-5,9-10,12-13H,6-8H2;1-2H3. The molecular formula is C17H21NO2. The highest BCUT2D eigenvalue weighted by atomic mass is 16.2. The van der Waals surface area contributed by atoms with Gasteiger partial charge in [-0.15, -0.1) is 0 Å². The average Bonchev–Trinajstić information content (AvgIpc) is 3.16. The molecule has 0 N–H and O–H groups in total. The molecule has 2 aliphatic carbocycles. The predicted octanol–water partition coefficient (Wildman–Crippen LogP) is 3.25. The second kappa shape index (κ2) is 5.04. The maximum Gasteiger partial charge on any atom is 0.237 e. The van der Waals surface area contributed by atoms with Crippen LogP contribution < -0.4 is 4.90 Å². The SMILES string of the molecule is CC.O=C1C2C3CCC(C3)C2C(=O)N1c1ccccc1. The van der Waals surface area contributed by atoms with Crippen LogP contribution in [0.4, 0.5) is 5.69 Å². The Hall–Kier alpha value is -1.64. The van der Waals surface area contributed by atoms with Gasteiger partial charge in [-0.3, -0.25) is 14.5 Å². The number of carbonyl (C=O) groups is 2. The number of hydrogen-bond acceptors (Lipinski definition) is 2. The Morgan fingerprint density at radius 3 is 1.90 bits per heavy atom. The molecule has 1 aromatic rings. The van der Waals surface area contributed by atoms with Crippen molar-refractivity contribution in [3.8, 4) is 0 Å². The molecule has 1 aromatic carbocycles. The first-order chi connectivity index (χ1) is 9.77. The molecule has 4 unspecified atom stereocenters. The normalized spacial score (nSPS) is 34.0. The van der Waals surface area contributed by atoms with E-state index in [2.05, 4.69) is 0 Å². The summed E-state index contributed by atoms with van der Waals surface area (Å²) in [5.41, 5.74) is 0.737. The molecule has 2 amide bonds. The van der Waals surface area contributed by atoms with Gasteiger partial charge in [-0.2, -0.15) is 0 Å². The molecule has 0 aromatic heterocycles. The molecule has 3 aliphatic rings. The fraction of sp³-hybridized carbons (Fsp3) is 0.529. The molecule has 2 bridgehead atoms. The number of fused-ring (bicyclic) bond motifs is 5. The molecule has 1 aliphatic heterocycles. The average molecular weight is 271 g/mol. The Morgan fingerprint density at radius 2 is 1.40 bits per heavy atom. The van der Waals surface area contributed by atoms with Crippen LogP contribution in [0.3, 0.4) is 0 Å². The summed E-state index contributed by atoms with van der Waals surface area (Å²) in [6, 6.07) is 9.34. The first-order valence-electron chi connectivity index (χ1n) is 7.70. The number of rotatable bonds is 1. The molecule has 0 spiro atoms. The van der Waals surface area contributed by atoms with Crippen molar-refractivity contribution in [2.24, 2.45) is 23.7 Å². The van der Waals surface area contributed by atoms with Crippen LogP contribution >= 0.6 is 0 Å². The highest BCUT2D eigenvalue weighted by Crippen LogP contribution is 2.56. The number of hydrogen-bond donors (Lipinski definition) is 0. The summed E-state index contributed by atoms with van der Waals surface area (Å²) >= 11 is 0. The Labute approximate surface area is 120 Å². The van der Waals surface area contributed by atoms with Crippen molar-refractivity contribution in [3.05, 3.63) is 30.3 Å². The molecule has 0 radical (unpaired) electrons. The molecular weight excluding hydrogens is 250 g/mol. The molecule has 106 valence electrons. The third-order valence-electron chi connectivity index (χ3n) is 4.94. The molecule has 3 nitrogen and oxygen atoms in total. The minimum atomic E-state index is -0.0172. The van der Waals surface area contributed by atoms with E-state index in [1.165, 1.54) is 4.90 Å². The summed E-state index contributed by atoms with van der Waals surface area (Å²) in [5, 5.41) is 0. The fourth-order valence-electron chi connectivity index (χ4n) is 4.24. The van der Waals surface area contributed by atoms with Crippen LogP contribution in [0.5, 0.6) is 0 Å². The van der Waals surface area contributed by atoms with E-state index in [0.29, 0.717) is 11.8 Å². The van der Waals surface area contributed by atoms with Crippen LogP contribution in [0.1, 0.15) is 33.1 Å². The summed E-state index contributed by atoms with van der Waals surface area (Å²) in [5.74, 6) is 0.982. The van der Waals surface area contributed by atoms with E-state index in [4.69, 9.17) is 0 Å². The summed E-state index contributed by atoms with van der Waals surface area (Å²) in [6.45, 7) is 4.00. The van der Waals surface area contributed by atoms with Gasteiger partial charge < -0.3 is 0 Å². The minimum Gasteiger partial charge on any atom is -0.274 e. The largest absolute Gasteiger partial charge is 0.274 e. The lowest BCUT2D eigenvalue weighted by Gasteiger charge is -2.19. The monoisotopic (exact) mass is 271 g/mol. The van der Waals surface area contributed by atoms with E-state index in [9.17, 15) is 9.59 Å². The molecule has 4 atom stereocenters. The molecule has 1 saturated heterocycles. The maximum atomic E-state index is 12.5. The van der Waals surface area contributed by atoms with Gasteiger partial charge in [0.1, 0.15) is 0 Å². The summed E-state index contributed by atoms with van der Waals surface area (Å²) < 4.78 is 0. The van der Waals surface area contributed by atoms with Crippen molar-refractivity contribution < 1.29 is 9.59 Å². The number of anilines is 1. The molecule has 20 heavy (non-hydrogen) atoms. The lowest BCUT2D eigenvalue weighted by molar-refractivity contribution is -0.123. The zero-order valence-corrected chi connectivity index (χ0v) is 12.1. The zero-order chi connectivity index (χ0) is 14.3. The van der Waals surface area contributed by atoms with Gasteiger partial charge in [-0.05, 0) is 43.2 Å². The van der Waals surface area contributed by atoms with Crippen molar-refractivity contribution >= 4 is 17.5 Å². The second-order valence-corrected chi connectivity index (χ2v) is 5.73. The highest BCUT2D eigenvalue weighted by molar-refractivity contribution is 6.22. The summed E-state index contributed by atoms with van der Waals surface area (Å²) in [4.78, 5) is 26.4. The van der Waals surface area contributed by atoms with E-state index < -0.39 is 0 Å². The Morgan fingerprint density at radius 1 is 0.900 bits per heavy atom. The van der Waals surface area contributed by atoms with Crippen LogP contribution in [0.2, 0.25) is 0 Å². The van der Waals surface area contributed by atoms with Crippen LogP contribution in [-0.2, 0) is 9.59 Å². The van der Waals surface area contributed by atoms with Gasteiger partial charge in [0.2, 0.25) is 11.8 Å². The third-order valence-corrected chi connectivity index (χ3v) is 4.94. The van der Waals surface area contributed by atoms with Gasteiger partial charge >= 0.3 is 0 Å². The fourth-order valence-corrected chi connectivity index (χ4v) is 4.24. The highest BCUT2D eigenvalue weighted by Gasteiger charge is 2.61. The molecule has 1 heterocycles. The van der Waals surface area contributed by atoms with Crippen LogP contribution in [0, 0.1) is 23.7 Å². The molecule has 4 rings (SSSR count). The number of benzene rings is 1. The molecule has 3 fully saturated rings. The maximum absolute atomic E-state index is 12.5. The van der Waals surface area contributed by atoms with E-state index >= 15 is 0 Å². The van der Waals surface area contributed by atoms with E-state index in [1.807, 2.05) is 44.2 Å². The van der Waals surface area contributed by atoms with Gasteiger partial charge in [0.15, 0.2) is 0 Å². The van der Waals surface area contributed by atoms with Crippen LogP contribution in [0.25, 0.3) is 0 Å².